The molecule has 0 aromatic carbocycles. The molecule has 0 bridgehead atoms. The first kappa shape index (κ1) is 22.3. The number of aliphatic hydroxyl groups excluding tert-OH is 2. The van der Waals surface area contributed by atoms with Crippen molar-refractivity contribution in [3.05, 3.63) is 0 Å². The Kier molecular flexibility index (Phi) is 5.85. The number of rotatable bonds is 4. The van der Waals surface area contributed by atoms with Gasteiger partial charge in [0.05, 0.1) is 19.3 Å². The molecule has 0 spiro atoms. The van der Waals surface area contributed by atoms with Crippen molar-refractivity contribution < 1.29 is 24.5 Å². The van der Waals surface area contributed by atoms with Gasteiger partial charge in [0.25, 0.3) is 0 Å². The third-order valence-electron chi connectivity index (χ3n) is 10.4. The van der Waals surface area contributed by atoms with Crippen LogP contribution < -0.4 is 0 Å². The van der Waals surface area contributed by atoms with Crippen LogP contribution in [-0.4, -0.2) is 41.3 Å². The summed E-state index contributed by atoms with van der Waals surface area (Å²) in [6.45, 7) is 6.78. The average Bonchev–Trinajstić information content (AvgIpc) is 3.06. The summed E-state index contributed by atoms with van der Waals surface area (Å²) in [7, 11) is 1.43. The van der Waals surface area contributed by atoms with Crippen LogP contribution in [0.15, 0.2) is 0 Å². The van der Waals surface area contributed by atoms with Gasteiger partial charge in [-0.25, -0.2) is 0 Å². The molecule has 0 radical (unpaired) electrons. The first-order valence-corrected chi connectivity index (χ1v) is 12.1. The lowest BCUT2D eigenvalue weighted by Gasteiger charge is -2.63. The molecule has 10 atom stereocenters. The SMILES string of the molecule is COC(=O)CC[C@H](C)[C@@H]1CC[C@@H]2[C@H]3[C@H](O)C[C@H]4CC(=O)CC[C@]4(C)[C@@H]3C[C@@H](O)[C@@]21C. The van der Waals surface area contributed by atoms with Crippen LogP contribution in [0.2, 0.25) is 0 Å². The Balaban J connectivity index is 1.58. The van der Waals surface area contributed by atoms with E-state index in [9.17, 15) is 19.8 Å². The molecule has 4 aliphatic rings. The second kappa shape index (κ2) is 7.88. The molecule has 4 fully saturated rings. The van der Waals surface area contributed by atoms with Gasteiger partial charge in [-0.2, -0.15) is 0 Å². The molecule has 4 saturated carbocycles. The van der Waals surface area contributed by atoms with Gasteiger partial charge in [-0.3, -0.25) is 9.59 Å². The lowest BCUT2D eigenvalue weighted by molar-refractivity contribution is -0.201. The highest BCUT2D eigenvalue weighted by molar-refractivity contribution is 5.79. The van der Waals surface area contributed by atoms with Gasteiger partial charge >= 0.3 is 5.97 Å². The highest BCUT2D eigenvalue weighted by Gasteiger charge is 2.65. The Bertz CT molecular complexity index is 691. The van der Waals surface area contributed by atoms with E-state index in [1.54, 1.807) is 0 Å². The van der Waals surface area contributed by atoms with Crippen LogP contribution in [0.1, 0.15) is 78.6 Å². The summed E-state index contributed by atoms with van der Waals surface area (Å²) in [5.74, 6) is 1.92. The van der Waals surface area contributed by atoms with Crippen molar-refractivity contribution in [3.8, 4) is 0 Å². The normalized spacial score (nSPS) is 49.0. The van der Waals surface area contributed by atoms with Gasteiger partial charge in [0.15, 0.2) is 0 Å². The number of aliphatic hydroxyl groups is 2. The molecule has 30 heavy (non-hydrogen) atoms. The van der Waals surface area contributed by atoms with Gasteiger partial charge in [0.1, 0.15) is 5.78 Å². The van der Waals surface area contributed by atoms with E-state index in [4.69, 9.17) is 4.74 Å². The Hall–Kier alpha value is -0.940. The number of hydrogen-bond acceptors (Lipinski definition) is 5. The molecule has 4 aliphatic carbocycles. The van der Waals surface area contributed by atoms with Crippen LogP contribution in [-0.2, 0) is 14.3 Å². The number of Topliss-reactive ketones (excluding diaryl/α,β-unsaturated/α-hetero) is 1. The van der Waals surface area contributed by atoms with E-state index in [2.05, 4.69) is 20.8 Å². The molecule has 4 rings (SSSR count). The van der Waals surface area contributed by atoms with Crippen molar-refractivity contribution in [1.29, 1.82) is 0 Å². The number of hydrogen-bond donors (Lipinski definition) is 2. The number of esters is 1. The molecule has 0 aromatic heterocycles. The highest BCUT2D eigenvalue weighted by atomic mass is 16.5. The highest BCUT2D eigenvalue weighted by Crippen LogP contribution is 2.68. The zero-order valence-electron chi connectivity index (χ0n) is 19.1. The molecule has 5 heteroatoms. The van der Waals surface area contributed by atoms with Gasteiger partial charge < -0.3 is 14.9 Å². The maximum atomic E-state index is 12.1. The molecule has 0 amide bonds. The zero-order valence-corrected chi connectivity index (χ0v) is 19.1. The first-order valence-electron chi connectivity index (χ1n) is 12.1. The van der Waals surface area contributed by atoms with Crippen molar-refractivity contribution in [2.45, 2.75) is 90.8 Å². The van der Waals surface area contributed by atoms with Crippen LogP contribution in [0.25, 0.3) is 0 Å². The summed E-state index contributed by atoms with van der Waals surface area (Å²) in [6, 6.07) is 0. The summed E-state index contributed by atoms with van der Waals surface area (Å²) in [6.07, 6.45) is 6.15. The summed E-state index contributed by atoms with van der Waals surface area (Å²) < 4.78 is 4.82. The molecule has 0 heterocycles. The predicted molar refractivity (Wildman–Crippen MR) is 113 cm³/mol. The molecule has 170 valence electrons. The second-order valence-electron chi connectivity index (χ2n) is 11.4. The topological polar surface area (TPSA) is 83.8 Å². The van der Waals surface area contributed by atoms with Crippen LogP contribution in [0.5, 0.6) is 0 Å². The Labute approximate surface area is 180 Å². The van der Waals surface area contributed by atoms with Crippen LogP contribution in [0.3, 0.4) is 0 Å². The smallest absolute Gasteiger partial charge is 0.305 e. The van der Waals surface area contributed by atoms with Crippen molar-refractivity contribution in [2.75, 3.05) is 7.11 Å². The molecule has 2 N–H and O–H groups in total. The minimum atomic E-state index is -0.391. The summed E-state index contributed by atoms with van der Waals surface area (Å²) in [5, 5.41) is 22.8. The molecule has 0 aliphatic heterocycles. The molecular formula is C25H40O5. The first-order chi connectivity index (χ1) is 14.1. The fourth-order valence-corrected chi connectivity index (χ4v) is 8.59. The zero-order chi connectivity index (χ0) is 21.8. The van der Waals surface area contributed by atoms with Gasteiger partial charge in [-0.05, 0) is 84.9 Å². The number of ether oxygens (including phenoxy) is 1. The monoisotopic (exact) mass is 420 g/mol. The summed E-state index contributed by atoms with van der Waals surface area (Å²) >= 11 is 0. The van der Waals surface area contributed by atoms with Gasteiger partial charge in [0, 0.05) is 19.3 Å². The number of methoxy groups -OCH3 is 1. The number of carbonyl (C=O) groups is 2. The number of carbonyl (C=O) groups excluding carboxylic acids is 2. The van der Waals surface area contributed by atoms with E-state index in [1.807, 2.05) is 0 Å². The predicted octanol–water partition coefficient (Wildman–Crippen LogP) is 3.75. The average molecular weight is 421 g/mol. The third-order valence-corrected chi connectivity index (χ3v) is 10.4. The largest absolute Gasteiger partial charge is 0.469 e. The Morgan fingerprint density at radius 3 is 2.63 bits per heavy atom. The minimum Gasteiger partial charge on any atom is -0.469 e. The van der Waals surface area contributed by atoms with Gasteiger partial charge in [-0.1, -0.05) is 20.8 Å². The van der Waals surface area contributed by atoms with Crippen molar-refractivity contribution in [2.24, 2.45) is 46.3 Å². The van der Waals surface area contributed by atoms with Crippen LogP contribution in [0, 0.1) is 46.3 Å². The minimum absolute atomic E-state index is 0.0503. The summed E-state index contributed by atoms with van der Waals surface area (Å²) in [4.78, 5) is 23.8. The molecule has 0 saturated heterocycles. The third kappa shape index (κ3) is 3.26. The van der Waals surface area contributed by atoms with E-state index < -0.39 is 6.10 Å². The van der Waals surface area contributed by atoms with Crippen molar-refractivity contribution >= 4 is 11.8 Å². The van der Waals surface area contributed by atoms with Gasteiger partial charge in [-0.15, -0.1) is 0 Å². The summed E-state index contributed by atoms with van der Waals surface area (Å²) in [5.41, 5.74) is -0.167. The van der Waals surface area contributed by atoms with Crippen LogP contribution >= 0.6 is 0 Å². The fourth-order valence-electron chi connectivity index (χ4n) is 8.59. The number of fused-ring (bicyclic) bond motifs is 5. The second-order valence-corrected chi connectivity index (χ2v) is 11.4. The van der Waals surface area contributed by atoms with E-state index >= 15 is 0 Å². The van der Waals surface area contributed by atoms with E-state index in [0.29, 0.717) is 42.8 Å². The van der Waals surface area contributed by atoms with E-state index in [-0.39, 0.29) is 40.7 Å². The van der Waals surface area contributed by atoms with E-state index in [1.165, 1.54) is 7.11 Å². The lowest BCUT2D eigenvalue weighted by atomic mass is 9.43. The molecular weight excluding hydrogens is 380 g/mol. The Morgan fingerprint density at radius 1 is 1.20 bits per heavy atom. The molecule has 0 unspecified atom stereocenters. The maximum absolute atomic E-state index is 12.1. The van der Waals surface area contributed by atoms with Gasteiger partial charge in [0.2, 0.25) is 0 Å². The van der Waals surface area contributed by atoms with Crippen molar-refractivity contribution in [3.63, 3.8) is 0 Å². The number of ketones is 1. The Morgan fingerprint density at radius 2 is 1.93 bits per heavy atom. The van der Waals surface area contributed by atoms with Crippen LogP contribution in [0.4, 0.5) is 0 Å². The standard InChI is InChI=1S/C25H40O5/c1-14(5-8-22(29)30-4)17-6-7-18-23-19(13-21(28)25(17,18)3)24(2)10-9-16(26)11-15(24)12-20(23)27/h14-15,17-21,23,27-28H,5-13H2,1-4H3/t14-,15+,17-,18+,19+,20+,21+,23+,24-,25+/m0/s1. The molecule has 5 nitrogen and oxygen atoms in total. The maximum Gasteiger partial charge on any atom is 0.305 e. The molecule has 0 aromatic rings. The van der Waals surface area contributed by atoms with E-state index in [0.717, 1.165) is 38.5 Å². The quantitative estimate of drug-likeness (QED) is 0.677. The fraction of sp³-hybridized carbons (Fsp3) is 0.920. The lowest BCUT2D eigenvalue weighted by Crippen LogP contribution is -2.62. The van der Waals surface area contributed by atoms with Crippen molar-refractivity contribution in [1.82, 2.24) is 0 Å².